The van der Waals surface area contributed by atoms with Crippen molar-refractivity contribution in [2.45, 2.75) is 31.2 Å². The first-order valence-electron chi connectivity index (χ1n) is 9.03. The van der Waals surface area contributed by atoms with Crippen LogP contribution in [-0.4, -0.2) is 28.4 Å². The van der Waals surface area contributed by atoms with Crippen molar-refractivity contribution >= 4 is 17.6 Å². The predicted molar refractivity (Wildman–Crippen MR) is 105 cm³/mol. The average molecular weight is 455 g/mol. The Bertz CT molecular complexity index is 1150. The van der Waals surface area contributed by atoms with Gasteiger partial charge in [0, 0.05) is 29.8 Å². The number of hydrogen-bond donors (Lipinski definition) is 1. The first-order chi connectivity index (χ1) is 14.5. The molecular weight excluding hydrogens is 440 g/mol. The number of hydrogen-bond acceptors (Lipinski definition) is 6. The largest absolute Gasteiger partial charge is 0.452 e. The van der Waals surface area contributed by atoms with Gasteiger partial charge in [-0.2, -0.15) is 13.2 Å². The molecule has 0 fully saturated rings. The Hall–Kier alpha value is -3.14. The maximum absolute atomic E-state index is 14.7. The normalized spacial score (nSPS) is 21.5. The number of aromatic nitrogens is 2. The number of alkyl halides is 3. The predicted octanol–water partition coefficient (Wildman–Crippen LogP) is 5.08. The fourth-order valence-electron chi connectivity index (χ4n) is 3.37. The molecule has 1 aliphatic heterocycles. The summed E-state index contributed by atoms with van der Waals surface area (Å²) in [5, 5.41) is 4.40. The number of rotatable bonds is 3. The monoisotopic (exact) mass is 454 g/mol. The number of benzene rings is 1. The highest BCUT2D eigenvalue weighted by Crippen LogP contribution is 2.42. The van der Waals surface area contributed by atoms with Crippen LogP contribution in [0, 0.1) is 5.82 Å². The number of ether oxygens (including phenoxy) is 1. The molecule has 3 aromatic rings. The van der Waals surface area contributed by atoms with E-state index in [0.717, 1.165) is 6.07 Å². The quantitative estimate of drug-likeness (QED) is 0.558. The molecule has 0 bridgehead atoms. The van der Waals surface area contributed by atoms with Gasteiger partial charge in [0.15, 0.2) is 11.9 Å². The highest BCUT2D eigenvalue weighted by molar-refractivity contribution is 6.30. The van der Waals surface area contributed by atoms with Crippen LogP contribution < -0.4 is 5.73 Å². The molecule has 2 aromatic heterocycles. The Morgan fingerprint density at radius 2 is 1.94 bits per heavy atom. The van der Waals surface area contributed by atoms with Gasteiger partial charge in [-0.1, -0.05) is 16.8 Å². The van der Waals surface area contributed by atoms with E-state index < -0.39 is 36.1 Å². The number of amidine groups is 1. The number of halogens is 5. The van der Waals surface area contributed by atoms with Crippen LogP contribution in [0.4, 0.5) is 17.6 Å². The third-order valence-electron chi connectivity index (χ3n) is 4.90. The summed E-state index contributed by atoms with van der Waals surface area (Å²) in [6, 6.07) is 8.13. The van der Waals surface area contributed by atoms with Gasteiger partial charge in [0.25, 0.3) is 6.02 Å². The van der Waals surface area contributed by atoms with Gasteiger partial charge in [0.2, 0.25) is 0 Å². The summed E-state index contributed by atoms with van der Waals surface area (Å²) < 4.78 is 64.3. The lowest BCUT2D eigenvalue weighted by Gasteiger charge is -2.36. The molecule has 4 rings (SSSR count). The summed E-state index contributed by atoms with van der Waals surface area (Å²) in [7, 11) is 0. The Labute approximate surface area is 178 Å². The van der Waals surface area contributed by atoms with Gasteiger partial charge in [-0.05, 0) is 37.3 Å². The number of nitrogens with two attached hydrogens (primary N) is 1. The van der Waals surface area contributed by atoms with Crippen LogP contribution in [0.1, 0.15) is 18.9 Å². The van der Waals surface area contributed by atoms with Crippen molar-refractivity contribution in [2.75, 3.05) is 0 Å². The topological polar surface area (TPSA) is 86.5 Å². The van der Waals surface area contributed by atoms with Crippen molar-refractivity contribution in [3.05, 3.63) is 59.0 Å². The molecule has 11 heteroatoms. The third kappa shape index (κ3) is 4.20. The molecule has 1 unspecified atom stereocenters. The minimum atomic E-state index is -4.68. The van der Waals surface area contributed by atoms with E-state index in [-0.39, 0.29) is 11.3 Å². The van der Waals surface area contributed by atoms with Crippen LogP contribution in [-0.2, 0) is 10.3 Å². The van der Waals surface area contributed by atoms with Crippen LogP contribution in [0.15, 0.2) is 52.1 Å². The van der Waals surface area contributed by atoms with Gasteiger partial charge in [-0.25, -0.2) is 9.38 Å². The highest BCUT2D eigenvalue weighted by atomic mass is 35.5. The van der Waals surface area contributed by atoms with Crippen molar-refractivity contribution in [3.8, 4) is 22.7 Å². The van der Waals surface area contributed by atoms with Crippen molar-refractivity contribution in [2.24, 2.45) is 10.7 Å². The van der Waals surface area contributed by atoms with Gasteiger partial charge in [0.1, 0.15) is 11.5 Å². The second-order valence-electron chi connectivity index (χ2n) is 7.21. The van der Waals surface area contributed by atoms with Gasteiger partial charge in [0.05, 0.1) is 16.3 Å². The van der Waals surface area contributed by atoms with Crippen LogP contribution in [0.5, 0.6) is 0 Å². The van der Waals surface area contributed by atoms with Crippen molar-refractivity contribution in [1.29, 1.82) is 0 Å². The SMILES string of the molecule is CC1(c2cc(-c3cc(-c4ccc(Cl)cn4)no3)ccc2F)C[C@@H](C(F)(F)F)OC(N)=N1. The van der Waals surface area contributed by atoms with Gasteiger partial charge in [-0.15, -0.1) is 0 Å². The molecule has 31 heavy (non-hydrogen) atoms. The Morgan fingerprint density at radius 3 is 2.61 bits per heavy atom. The third-order valence-corrected chi connectivity index (χ3v) is 5.12. The molecule has 1 aromatic carbocycles. The Balaban J connectivity index is 1.71. The van der Waals surface area contributed by atoms with Crippen molar-refractivity contribution < 1.29 is 26.8 Å². The summed E-state index contributed by atoms with van der Waals surface area (Å²) in [6.45, 7) is 1.37. The molecule has 0 radical (unpaired) electrons. The molecule has 0 amide bonds. The zero-order valence-corrected chi connectivity index (χ0v) is 16.7. The van der Waals surface area contributed by atoms with Crippen molar-refractivity contribution in [1.82, 2.24) is 10.1 Å². The average Bonchev–Trinajstić information content (AvgIpc) is 3.17. The second-order valence-corrected chi connectivity index (χ2v) is 7.65. The molecule has 1 aliphatic rings. The van der Waals surface area contributed by atoms with Crippen LogP contribution in [0.2, 0.25) is 5.02 Å². The molecular formula is C20H15ClF4N4O2. The van der Waals surface area contributed by atoms with Crippen LogP contribution in [0.25, 0.3) is 22.7 Å². The zero-order chi connectivity index (χ0) is 22.4. The molecule has 6 nitrogen and oxygen atoms in total. The van der Waals surface area contributed by atoms with E-state index in [1.165, 1.54) is 25.3 Å². The van der Waals surface area contributed by atoms with Crippen molar-refractivity contribution in [3.63, 3.8) is 0 Å². The van der Waals surface area contributed by atoms with E-state index in [0.29, 0.717) is 22.0 Å². The van der Waals surface area contributed by atoms with Gasteiger partial charge >= 0.3 is 6.18 Å². The molecule has 0 spiro atoms. The van der Waals surface area contributed by atoms with Gasteiger partial charge in [-0.3, -0.25) is 4.98 Å². The lowest BCUT2D eigenvalue weighted by molar-refractivity contribution is -0.208. The Morgan fingerprint density at radius 1 is 1.16 bits per heavy atom. The van der Waals surface area contributed by atoms with E-state index >= 15 is 0 Å². The smallest absolute Gasteiger partial charge is 0.425 e. The summed E-state index contributed by atoms with van der Waals surface area (Å²) in [5.41, 5.74) is 5.11. The molecule has 0 saturated heterocycles. The van der Waals surface area contributed by atoms with Crippen LogP contribution in [0.3, 0.4) is 0 Å². The van der Waals surface area contributed by atoms with E-state index in [4.69, 9.17) is 21.9 Å². The van der Waals surface area contributed by atoms with E-state index in [1.807, 2.05) is 0 Å². The summed E-state index contributed by atoms with van der Waals surface area (Å²) >= 11 is 5.83. The standard InChI is InChI=1S/C20H15ClF4N4O2/c1-19(8-17(20(23,24)25)30-18(26)28-19)12-6-10(2-4-13(12)22)16-7-15(29-31-16)14-5-3-11(21)9-27-14/h2-7,9,17H,8H2,1H3,(H2,26,28)/t17-,19?/m0/s1. The molecule has 2 atom stereocenters. The highest BCUT2D eigenvalue weighted by Gasteiger charge is 2.50. The van der Waals surface area contributed by atoms with Crippen LogP contribution >= 0.6 is 11.6 Å². The number of aliphatic imine (C=N–C) groups is 1. The summed E-state index contributed by atoms with van der Waals surface area (Å²) in [6.07, 6.45) is -6.06. The fraction of sp³-hybridized carbons (Fsp3) is 0.250. The number of pyridine rings is 1. The maximum atomic E-state index is 14.7. The molecule has 3 heterocycles. The fourth-order valence-corrected chi connectivity index (χ4v) is 3.48. The first kappa shape index (κ1) is 21.1. The molecule has 0 aliphatic carbocycles. The summed E-state index contributed by atoms with van der Waals surface area (Å²) in [5.74, 6) is -0.460. The Kier molecular flexibility index (Phi) is 5.12. The molecule has 0 saturated carbocycles. The minimum Gasteiger partial charge on any atom is -0.452 e. The van der Waals surface area contributed by atoms with E-state index in [2.05, 4.69) is 19.9 Å². The van der Waals surface area contributed by atoms with E-state index in [1.54, 1.807) is 18.2 Å². The minimum absolute atomic E-state index is 0.0759. The first-order valence-corrected chi connectivity index (χ1v) is 9.41. The van der Waals surface area contributed by atoms with Gasteiger partial charge < -0.3 is 15.0 Å². The second kappa shape index (κ2) is 7.52. The zero-order valence-electron chi connectivity index (χ0n) is 16.0. The number of nitrogens with zero attached hydrogens (tertiary/aromatic N) is 3. The maximum Gasteiger partial charge on any atom is 0.425 e. The lowest BCUT2D eigenvalue weighted by atomic mass is 9.84. The summed E-state index contributed by atoms with van der Waals surface area (Å²) in [4.78, 5) is 8.11. The molecule has 2 N–H and O–H groups in total. The van der Waals surface area contributed by atoms with E-state index in [9.17, 15) is 17.6 Å². The molecule has 162 valence electrons. The lowest BCUT2D eigenvalue weighted by Crippen LogP contribution is -2.46.